The van der Waals surface area contributed by atoms with E-state index < -0.39 is 15.6 Å². The average molecular weight is 313 g/mol. The van der Waals surface area contributed by atoms with Gasteiger partial charge in [0.05, 0.1) is 0 Å². The average Bonchev–Trinajstić information content (AvgIpc) is 2.70. The molecule has 1 heterocycles. The molecule has 0 aromatic heterocycles. The number of alkyl halides is 3. The Labute approximate surface area is 116 Å². The fourth-order valence-electron chi connectivity index (χ4n) is 2.67. The Bertz CT molecular complexity index is 521. The largest absolute Gasteiger partial charge is 0.741 e. The third-order valence-corrected chi connectivity index (χ3v) is 4.14. The van der Waals surface area contributed by atoms with E-state index in [4.69, 9.17) is 13.0 Å². The molecule has 1 unspecified atom stereocenters. The second-order valence-corrected chi connectivity index (χ2v) is 6.27. The van der Waals surface area contributed by atoms with Gasteiger partial charge in [-0.1, -0.05) is 6.08 Å². The second-order valence-electron chi connectivity index (χ2n) is 4.90. The quantitative estimate of drug-likeness (QED) is 0.391. The summed E-state index contributed by atoms with van der Waals surface area (Å²) in [5.41, 5.74) is -2.37. The van der Waals surface area contributed by atoms with E-state index in [1.54, 1.807) is 11.3 Å². The van der Waals surface area contributed by atoms with Crippen LogP contribution in [0.1, 0.15) is 32.6 Å². The first-order valence-corrected chi connectivity index (χ1v) is 7.74. The molecular weight excluding hydrogens is 295 g/mol. The Morgan fingerprint density at radius 2 is 1.90 bits per heavy atom. The fraction of sp³-hybridized carbons (Fsp3) is 0.750. The van der Waals surface area contributed by atoms with Crippen molar-refractivity contribution in [3.05, 3.63) is 11.6 Å². The first-order valence-electron chi connectivity index (χ1n) is 6.33. The fourth-order valence-corrected chi connectivity index (χ4v) is 2.67. The molecule has 116 valence electrons. The summed E-state index contributed by atoms with van der Waals surface area (Å²) < 4.78 is 61.4. The van der Waals surface area contributed by atoms with Crippen LogP contribution in [0.2, 0.25) is 0 Å². The van der Waals surface area contributed by atoms with Gasteiger partial charge in [-0.2, -0.15) is 13.2 Å². The number of halogens is 3. The molecule has 1 fully saturated rings. The number of rotatable bonds is 0. The maximum Gasteiger partial charge on any atom is 0.485 e. The lowest BCUT2D eigenvalue weighted by Crippen LogP contribution is -2.22. The summed E-state index contributed by atoms with van der Waals surface area (Å²) >= 11 is 0. The molecule has 0 amide bonds. The molecule has 8 heteroatoms. The van der Waals surface area contributed by atoms with E-state index in [1.165, 1.54) is 32.2 Å². The van der Waals surface area contributed by atoms with E-state index in [1.807, 2.05) is 0 Å². The molecule has 0 bridgehead atoms. The van der Waals surface area contributed by atoms with Crippen LogP contribution in [-0.4, -0.2) is 42.4 Å². The van der Waals surface area contributed by atoms with Crippen LogP contribution >= 0.6 is 0 Å². The third kappa shape index (κ3) is 4.05. The van der Waals surface area contributed by atoms with Crippen molar-refractivity contribution in [1.29, 1.82) is 0 Å². The summed E-state index contributed by atoms with van der Waals surface area (Å²) in [6, 6.07) is 0. The van der Waals surface area contributed by atoms with E-state index in [2.05, 4.69) is 24.6 Å². The molecule has 0 radical (unpaired) electrons. The first kappa shape index (κ1) is 17.2. The van der Waals surface area contributed by atoms with Gasteiger partial charge in [0.15, 0.2) is 15.8 Å². The summed E-state index contributed by atoms with van der Waals surface area (Å²) in [7, 11) is -3.85. The number of hydrogen-bond acceptors (Lipinski definition) is 3. The minimum Gasteiger partial charge on any atom is -0.741 e. The Hall–Kier alpha value is -0.890. The highest BCUT2D eigenvalue weighted by Crippen LogP contribution is 2.31. The Morgan fingerprint density at radius 1 is 1.35 bits per heavy atom. The zero-order valence-corrected chi connectivity index (χ0v) is 12.2. The van der Waals surface area contributed by atoms with Crippen LogP contribution in [0.15, 0.2) is 11.6 Å². The minimum atomic E-state index is -6.09. The normalized spacial score (nSPS) is 25.3. The van der Waals surface area contributed by atoms with E-state index in [9.17, 15) is 13.2 Å². The SMILES string of the molecule is C/C=C1\CCCC2CC[N+](C)=C12.O=S(=O)([O-])C(F)(F)F. The summed E-state index contributed by atoms with van der Waals surface area (Å²) in [6.45, 7) is 3.45. The van der Waals surface area contributed by atoms with Crippen LogP contribution < -0.4 is 0 Å². The van der Waals surface area contributed by atoms with Gasteiger partial charge in [-0.25, -0.2) is 13.0 Å². The molecule has 1 atom stereocenters. The van der Waals surface area contributed by atoms with Crippen molar-refractivity contribution in [1.82, 2.24) is 0 Å². The van der Waals surface area contributed by atoms with Gasteiger partial charge >= 0.3 is 5.51 Å². The van der Waals surface area contributed by atoms with Crippen LogP contribution in [0, 0.1) is 5.92 Å². The zero-order chi connectivity index (χ0) is 15.6. The summed E-state index contributed by atoms with van der Waals surface area (Å²) in [5, 5.41) is 0. The van der Waals surface area contributed by atoms with Gasteiger partial charge in [-0.3, -0.25) is 0 Å². The molecule has 1 aliphatic carbocycles. The standard InChI is InChI=1S/C11H18N.CHF3O3S/c1-3-9-5-4-6-10-7-8-12(2)11(9)10;2-1(3,4)8(5,6)7/h3,10H,4-8H2,1-2H3;(H,5,6,7)/q+1;/p-1/b9-3+;. The Kier molecular flexibility index (Phi) is 5.37. The highest BCUT2D eigenvalue weighted by Gasteiger charge is 2.37. The molecule has 0 saturated heterocycles. The molecule has 0 spiro atoms. The van der Waals surface area contributed by atoms with E-state index in [-0.39, 0.29) is 0 Å². The summed E-state index contributed by atoms with van der Waals surface area (Å²) in [6.07, 6.45) is 7.85. The van der Waals surface area contributed by atoms with Crippen LogP contribution in [0.3, 0.4) is 0 Å². The van der Waals surface area contributed by atoms with E-state index in [0.717, 1.165) is 5.92 Å². The molecule has 2 rings (SSSR count). The molecule has 0 N–H and O–H groups in total. The molecule has 4 nitrogen and oxygen atoms in total. The number of nitrogens with zero attached hydrogens (tertiary/aromatic N) is 1. The predicted octanol–water partition coefficient (Wildman–Crippen LogP) is 2.27. The third-order valence-electron chi connectivity index (χ3n) is 3.57. The molecule has 0 aromatic carbocycles. The molecular formula is C12H18F3NO3S. The minimum absolute atomic E-state index is 0.898. The van der Waals surface area contributed by atoms with Crippen LogP contribution in [-0.2, 0) is 10.1 Å². The van der Waals surface area contributed by atoms with E-state index >= 15 is 0 Å². The van der Waals surface area contributed by atoms with Gasteiger partial charge in [-0.05, 0) is 26.2 Å². The van der Waals surface area contributed by atoms with Gasteiger partial charge in [0.2, 0.25) is 0 Å². The number of fused-ring (bicyclic) bond motifs is 1. The zero-order valence-electron chi connectivity index (χ0n) is 11.4. The smallest absolute Gasteiger partial charge is 0.485 e. The Morgan fingerprint density at radius 3 is 2.35 bits per heavy atom. The van der Waals surface area contributed by atoms with Crippen molar-refractivity contribution < 1.29 is 30.7 Å². The summed E-state index contributed by atoms with van der Waals surface area (Å²) in [5.74, 6) is 0.898. The highest BCUT2D eigenvalue weighted by atomic mass is 32.2. The van der Waals surface area contributed by atoms with Crippen molar-refractivity contribution in [2.75, 3.05) is 13.6 Å². The maximum atomic E-state index is 10.7. The molecule has 1 aliphatic heterocycles. The molecule has 1 saturated carbocycles. The molecule has 2 aliphatic rings. The number of allylic oxidation sites excluding steroid dienone is 2. The topological polar surface area (TPSA) is 60.2 Å². The molecule has 20 heavy (non-hydrogen) atoms. The van der Waals surface area contributed by atoms with Crippen molar-refractivity contribution in [3.63, 3.8) is 0 Å². The van der Waals surface area contributed by atoms with Crippen LogP contribution in [0.4, 0.5) is 13.2 Å². The van der Waals surface area contributed by atoms with Gasteiger partial charge < -0.3 is 4.55 Å². The van der Waals surface area contributed by atoms with Crippen molar-refractivity contribution in [2.45, 2.75) is 38.1 Å². The van der Waals surface area contributed by atoms with Gasteiger partial charge in [-0.15, -0.1) is 0 Å². The second kappa shape index (κ2) is 6.26. The lowest BCUT2D eigenvalue weighted by molar-refractivity contribution is -0.488. The van der Waals surface area contributed by atoms with Crippen LogP contribution in [0.25, 0.3) is 0 Å². The van der Waals surface area contributed by atoms with E-state index in [0.29, 0.717) is 0 Å². The predicted molar refractivity (Wildman–Crippen MR) is 67.5 cm³/mol. The van der Waals surface area contributed by atoms with Gasteiger partial charge in [0.25, 0.3) is 0 Å². The van der Waals surface area contributed by atoms with Crippen molar-refractivity contribution >= 4 is 15.8 Å². The number of hydrogen-bond donors (Lipinski definition) is 0. The van der Waals surface area contributed by atoms with Crippen LogP contribution in [0.5, 0.6) is 0 Å². The molecule has 0 aromatic rings. The van der Waals surface area contributed by atoms with Gasteiger partial charge in [0, 0.05) is 17.9 Å². The Balaban J connectivity index is 0.000000221. The summed E-state index contributed by atoms with van der Waals surface area (Å²) in [4.78, 5) is 0. The van der Waals surface area contributed by atoms with Gasteiger partial charge in [0.1, 0.15) is 13.6 Å². The lowest BCUT2D eigenvalue weighted by Gasteiger charge is -2.17. The maximum absolute atomic E-state index is 10.7. The first-order chi connectivity index (χ1) is 9.08. The highest BCUT2D eigenvalue weighted by molar-refractivity contribution is 7.86. The van der Waals surface area contributed by atoms with Crippen molar-refractivity contribution in [3.8, 4) is 0 Å². The van der Waals surface area contributed by atoms with Crippen molar-refractivity contribution in [2.24, 2.45) is 5.92 Å². The monoisotopic (exact) mass is 313 g/mol. The lowest BCUT2D eigenvalue weighted by atomic mass is 9.83.